The summed E-state index contributed by atoms with van der Waals surface area (Å²) < 4.78 is 7.22. The van der Waals surface area contributed by atoms with Gasteiger partial charge in [0.25, 0.3) is 0 Å². The number of rotatable bonds is 5. The Morgan fingerprint density at radius 2 is 2.12 bits per heavy atom. The lowest BCUT2D eigenvalue weighted by atomic mass is 9.97. The molecule has 0 aromatic rings. The van der Waals surface area contributed by atoms with Crippen molar-refractivity contribution in [1.82, 2.24) is 15.1 Å². The van der Waals surface area contributed by atoms with Gasteiger partial charge in [-0.2, -0.15) is 14.3 Å². The van der Waals surface area contributed by atoms with Crippen LogP contribution in [0.3, 0.4) is 0 Å². The van der Waals surface area contributed by atoms with Gasteiger partial charge in [-0.15, -0.1) is 0 Å². The van der Waals surface area contributed by atoms with Crippen molar-refractivity contribution in [2.45, 2.75) is 26.4 Å². The highest BCUT2D eigenvalue weighted by Gasteiger charge is 2.52. The molecule has 0 aromatic carbocycles. The van der Waals surface area contributed by atoms with Crippen LogP contribution in [-0.2, 0) is 9.53 Å². The fourth-order valence-electron chi connectivity index (χ4n) is 3.69. The summed E-state index contributed by atoms with van der Waals surface area (Å²) in [7, 11) is 0. The van der Waals surface area contributed by atoms with E-state index >= 15 is 0 Å². The number of nitrogens with one attached hydrogen (secondary N) is 1. The fourth-order valence-corrected chi connectivity index (χ4v) is 5.10. The first-order valence-electron chi connectivity index (χ1n) is 9.02. The van der Waals surface area contributed by atoms with E-state index in [0.717, 1.165) is 28.5 Å². The Labute approximate surface area is 156 Å². The number of carbonyl (C=O) groups is 3. The summed E-state index contributed by atoms with van der Waals surface area (Å²) in [5.41, 5.74) is 0.945. The normalized spacial score (nSPS) is 28.8. The average molecular weight is 379 g/mol. The minimum Gasteiger partial charge on any atom is -0.374 e. The lowest BCUT2D eigenvalue weighted by Crippen LogP contribution is -2.55. The van der Waals surface area contributed by atoms with Crippen molar-refractivity contribution in [2.75, 3.05) is 39.3 Å². The van der Waals surface area contributed by atoms with E-state index in [1.165, 1.54) is 16.7 Å². The van der Waals surface area contributed by atoms with Crippen molar-refractivity contribution in [3.8, 4) is 0 Å². The number of amides is 5. The van der Waals surface area contributed by atoms with Crippen molar-refractivity contribution in [3.63, 3.8) is 0 Å². The summed E-state index contributed by atoms with van der Waals surface area (Å²) >= 11 is 1.47. The number of ether oxygens (including phenoxy) is 1. The highest BCUT2D eigenvalue weighted by Crippen LogP contribution is 2.41. The van der Waals surface area contributed by atoms with Crippen LogP contribution in [0.15, 0.2) is 10.5 Å². The maximum Gasteiger partial charge on any atom is 0.501 e. The smallest absolute Gasteiger partial charge is 0.374 e. The molecule has 26 heavy (non-hydrogen) atoms. The fraction of sp³-hybridized carbons (Fsp3) is 0.647. The van der Waals surface area contributed by atoms with E-state index in [9.17, 15) is 14.4 Å². The molecule has 0 saturated carbocycles. The highest BCUT2D eigenvalue weighted by atomic mass is 32.2. The molecule has 0 radical (unpaired) electrons. The zero-order chi connectivity index (χ0) is 18.4. The van der Waals surface area contributed by atoms with E-state index in [-0.39, 0.29) is 24.1 Å². The molecule has 2 fully saturated rings. The minimum absolute atomic E-state index is 0.0355. The van der Waals surface area contributed by atoms with Crippen LogP contribution in [0.2, 0.25) is 0 Å². The number of carbonyl (C=O) groups excluding carboxylic acids is 3. The van der Waals surface area contributed by atoms with E-state index in [2.05, 4.69) is 5.32 Å². The molecular formula is C17H23N4O4S+. The molecule has 2 saturated heterocycles. The molecule has 0 aromatic heterocycles. The van der Waals surface area contributed by atoms with Gasteiger partial charge in [0.15, 0.2) is 11.0 Å². The summed E-state index contributed by atoms with van der Waals surface area (Å²) in [5.74, 6) is -0.581. The SMILES string of the molecule is CCN1C(=O)C2C(C)=C(CN3CCNC3=O)SC2=[N+](CC2CCO2)C1=O. The Morgan fingerprint density at radius 3 is 2.69 bits per heavy atom. The van der Waals surface area contributed by atoms with Crippen molar-refractivity contribution in [1.29, 1.82) is 0 Å². The summed E-state index contributed by atoms with van der Waals surface area (Å²) in [5, 5.41) is 3.57. The molecule has 4 heterocycles. The predicted molar refractivity (Wildman–Crippen MR) is 96.0 cm³/mol. The van der Waals surface area contributed by atoms with Crippen LogP contribution in [0.25, 0.3) is 0 Å². The van der Waals surface area contributed by atoms with Gasteiger partial charge in [-0.3, -0.25) is 0 Å². The number of nitrogens with zero attached hydrogens (tertiary/aromatic N) is 3. The number of hydrogen-bond donors (Lipinski definition) is 1. The molecule has 8 nitrogen and oxygen atoms in total. The lowest BCUT2D eigenvalue weighted by molar-refractivity contribution is -0.456. The van der Waals surface area contributed by atoms with Crippen LogP contribution in [0, 0.1) is 5.92 Å². The van der Waals surface area contributed by atoms with Crippen molar-refractivity contribution >= 4 is 34.8 Å². The van der Waals surface area contributed by atoms with Gasteiger partial charge in [-0.1, -0.05) is 11.8 Å². The first-order valence-corrected chi connectivity index (χ1v) is 9.84. The Kier molecular flexibility index (Phi) is 4.52. The number of urea groups is 2. The second-order valence-corrected chi connectivity index (χ2v) is 8.01. The quantitative estimate of drug-likeness (QED) is 0.716. The third-order valence-corrected chi connectivity index (χ3v) is 6.73. The first kappa shape index (κ1) is 17.5. The largest absolute Gasteiger partial charge is 0.501 e. The van der Waals surface area contributed by atoms with Crippen LogP contribution in [0.5, 0.6) is 0 Å². The van der Waals surface area contributed by atoms with Gasteiger partial charge < -0.3 is 15.0 Å². The second kappa shape index (κ2) is 6.70. The molecule has 9 heteroatoms. The van der Waals surface area contributed by atoms with Gasteiger partial charge >= 0.3 is 18.0 Å². The summed E-state index contributed by atoms with van der Waals surface area (Å²) in [6.45, 7) is 7.08. The Hall–Kier alpha value is -1.87. The molecule has 5 amide bonds. The minimum atomic E-state index is -0.418. The van der Waals surface area contributed by atoms with Gasteiger partial charge in [-0.05, 0) is 19.4 Å². The van der Waals surface area contributed by atoms with Gasteiger partial charge in [0, 0.05) is 31.0 Å². The van der Waals surface area contributed by atoms with Crippen molar-refractivity contribution in [3.05, 3.63) is 10.5 Å². The molecule has 2 unspecified atom stereocenters. The van der Waals surface area contributed by atoms with E-state index in [0.29, 0.717) is 32.7 Å². The molecule has 4 rings (SSSR count). The maximum absolute atomic E-state index is 12.9. The number of imide groups is 1. The third-order valence-electron chi connectivity index (χ3n) is 5.36. The van der Waals surface area contributed by atoms with Crippen LogP contribution >= 0.6 is 11.8 Å². The molecule has 140 valence electrons. The second-order valence-electron chi connectivity index (χ2n) is 6.89. The third kappa shape index (κ3) is 2.73. The van der Waals surface area contributed by atoms with Gasteiger partial charge in [0.05, 0.1) is 19.2 Å². The van der Waals surface area contributed by atoms with E-state index < -0.39 is 5.92 Å². The molecular weight excluding hydrogens is 356 g/mol. The molecule has 1 N–H and O–H groups in total. The maximum atomic E-state index is 12.9. The number of thioether (sulfide) groups is 1. The monoisotopic (exact) mass is 379 g/mol. The molecule has 0 aliphatic carbocycles. The lowest BCUT2D eigenvalue weighted by Gasteiger charge is -2.29. The molecule has 4 aliphatic rings. The Bertz CT molecular complexity index is 743. The van der Waals surface area contributed by atoms with E-state index in [4.69, 9.17) is 4.74 Å². The van der Waals surface area contributed by atoms with Crippen molar-refractivity contribution in [2.24, 2.45) is 5.92 Å². The van der Waals surface area contributed by atoms with Crippen LogP contribution in [-0.4, -0.2) is 82.8 Å². The Balaban J connectivity index is 1.66. The van der Waals surface area contributed by atoms with Gasteiger partial charge in [0.1, 0.15) is 6.54 Å². The van der Waals surface area contributed by atoms with Gasteiger partial charge in [0.2, 0.25) is 0 Å². The predicted octanol–water partition coefficient (Wildman–Crippen LogP) is 0.831. The first-order chi connectivity index (χ1) is 12.5. The summed E-state index contributed by atoms with van der Waals surface area (Å²) in [4.78, 5) is 41.7. The molecule has 2 atom stereocenters. The standard InChI is InChI=1S/C17H22N4O4S/c1-3-20-14(22)13-10(2)12(9-19-6-5-18-16(19)23)26-15(13)21(17(20)24)8-11-4-7-25-11/h11,13H,3-9H2,1-2H3/p+1. The van der Waals surface area contributed by atoms with Crippen LogP contribution in [0.1, 0.15) is 20.3 Å². The number of hydrogen-bond acceptors (Lipinski definition) is 5. The molecule has 0 spiro atoms. The molecule has 0 bridgehead atoms. The highest BCUT2D eigenvalue weighted by molar-refractivity contribution is 8.17. The van der Waals surface area contributed by atoms with E-state index in [1.807, 2.05) is 13.8 Å². The molecule has 4 aliphatic heterocycles. The van der Waals surface area contributed by atoms with E-state index in [1.54, 1.807) is 9.48 Å². The van der Waals surface area contributed by atoms with Crippen LogP contribution < -0.4 is 5.32 Å². The van der Waals surface area contributed by atoms with Gasteiger partial charge in [-0.25, -0.2) is 9.59 Å². The Morgan fingerprint density at radius 1 is 1.35 bits per heavy atom. The van der Waals surface area contributed by atoms with Crippen LogP contribution in [0.4, 0.5) is 9.59 Å². The topological polar surface area (TPSA) is 82.0 Å². The van der Waals surface area contributed by atoms with Crippen molar-refractivity contribution < 1.29 is 23.7 Å². The summed E-state index contributed by atoms with van der Waals surface area (Å²) in [6.07, 6.45) is 0.966. The zero-order valence-electron chi connectivity index (χ0n) is 15.0. The average Bonchev–Trinajstić information content (AvgIpc) is 3.11. The number of fused-ring (bicyclic) bond motifs is 1. The summed E-state index contributed by atoms with van der Waals surface area (Å²) in [6, 6.07) is -0.345. The zero-order valence-corrected chi connectivity index (χ0v) is 15.8.